The number of benzene rings is 2. The number of aromatic nitrogens is 1. The maximum Gasteiger partial charge on any atom is 0.260 e. The van der Waals surface area contributed by atoms with Crippen LogP contribution >= 0.6 is 11.3 Å². The van der Waals surface area contributed by atoms with E-state index >= 15 is 0 Å². The Hall–Kier alpha value is -2.44. The van der Waals surface area contributed by atoms with E-state index < -0.39 is 0 Å². The molecule has 0 aliphatic rings. The lowest BCUT2D eigenvalue weighted by molar-refractivity contribution is -0.856. The van der Waals surface area contributed by atoms with Crippen LogP contribution in [-0.2, 0) is 0 Å². The normalized spacial score (nSPS) is 11.1. The number of nitrogens with zero attached hydrogens (tertiary/aromatic N) is 2. The van der Waals surface area contributed by atoms with Crippen molar-refractivity contribution in [3.05, 3.63) is 54.1 Å². The molecule has 3 rings (SSSR count). The van der Waals surface area contributed by atoms with Crippen molar-refractivity contribution in [2.45, 2.75) is 6.92 Å². The molecule has 26 heavy (non-hydrogen) atoms. The van der Waals surface area contributed by atoms with Gasteiger partial charge in [-0.3, -0.25) is 9.69 Å². The van der Waals surface area contributed by atoms with E-state index in [4.69, 9.17) is 4.74 Å². The Morgan fingerprint density at radius 2 is 1.88 bits per heavy atom. The molecule has 0 fully saturated rings. The molecule has 0 saturated heterocycles. The van der Waals surface area contributed by atoms with Gasteiger partial charge in [0, 0.05) is 5.56 Å². The fraction of sp³-hybridized carbons (Fsp3) is 0.300. The highest BCUT2D eigenvalue weighted by molar-refractivity contribution is 7.22. The van der Waals surface area contributed by atoms with Crippen molar-refractivity contribution in [1.82, 2.24) is 4.98 Å². The van der Waals surface area contributed by atoms with Crippen LogP contribution in [0.2, 0.25) is 0 Å². The second kappa shape index (κ2) is 8.29. The highest BCUT2D eigenvalue weighted by Gasteiger charge is 2.22. The zero-order chi connectivity index (χ0) is 18.5. The third-order valence-corrected chi connectivity index (χ3v) is 5.07. The summed E-state index contributed by atoms with van der Waals surface area (Å²) in [4.78, 5) is 20.9. The maximum atomic E-state index is 13.1. The molecule has 0 aliphatic heterocycles. The first-order chi connectivity index (χ1) is 12.6. The largest absolute Gasteiger partial charge is 0.494 e. The molecule has 1 N–H and O–H groups in total. The van der Waals surface area contributed by atoms with Gasteiger partial charge >= 0.3 is 0 Å². The first kappa shape index (κ1) is 18.4. The molecule has 136 valence electrons. The van der Waals surface area contributed by atoms with Gasteiger partial charge in [0.15, 0.2) is 5.13 Å². The van der Waals surface area contributed by atoms with Crippen molar-refractivity contribution in [2.75, 3.05) is 38.7 Å². The first-order valence-electron chi connectivity index (χ1n) is 8.78. The molecule has 1 amide bonds. The summed E-state index contributed by atoms with van der Waals surface area (Å²) in [6.45, 7) is 4.02. The summed E-state index contributed by atoms with van der Waals surface area (Å²) in [5, 5.41) is 0.742. The van der Waals surface area contributed by atoms with Gasteiger partial charge in [-0.1, -0.05) is 23.5 Å². The summed E-state index contributed by atoms with van der Waals surface area (Å²) >= 11 is 1.55. The van der Waals surface area contributed by atoms with Crippen LogP contribution in [0.15, 0.2) is 48.5 Å². The van der Waals surface area contributed by atoms with Gasteiger partial charge in [0.2, 0.25) is 0 Å². The van der Waals surface area contributed by atoms with Gasteiger partial charge in [-0.25, -0.2) is 4.98 Å². The van der Waals surface area contributed by atoms with E-state index in [-0.39, 0.29) is 5.91 Å². The number of carbonyl (C=O) groups excluding carboxylic acids is 1. The molecule has 5 nitrogen and oxygen atoms in total. The standard InChI is InChI=1S/C20H23N3O2S/c1-4-25-16-11-9-15(10-12-16)19(24)23(14-13-22(2)3)20-21-17-7-5-6-8-18(17)26-20/h5-12H,4,13-14H2,1-3H3/p+1. The Balaban J connectivity index is 1.90. The molecule has 0 atom stereocenters. The second-order valence-electron chi connectivity index (χ2n) is 6.34. The Kier molecular flexibility index (Phi) is 5.85. The fourth-order valence-corrected chi connectivity index (χ4v) is 3.60. The van der Waals surface area contributed by atoms with Crippen molar-refractivity contribution in [1.29, 1.82) is 0 Å². The topological polar surface area (TPSA) is 46.9 Å². The van der Waals surface area contributed by atoms with Crippen LogP contribution in [0.5, 0.6) is 5.75 Å². The van der Waals surface area contributed by atoms with Gasteiger partial charge in [0.05, 0.1) is 44.0 Å². The summed E-state index contributed by atoms with van der Waals surface area (Å²) < 4.78 is 6.55. The van der Waals surface area contributed by atoms with Crippen molar-refractivity contribution in [3.8, 4) is 5.75 Å². The third-order valence-electron chi connectivity index (χ3n) is 4.01. The summed E-state index contributed by atoms with van der Waals surface area (Å²) in [5.41, 5.74) is 1.57. The molecule has 1 heterocycles. The van der Waals surface area contributed by atoms with Gasteiger partial charge in [-0.2, -0.15) is 0 Å². The number of hydrogen-bond donors (Lipinski definition) is 1. The van der Waals surface area contributed by atoms with Crippen LogP contribution in [0, 0.1) is 0 Å². The number of fused-ring (bicyclic) bond motifs is 1. The van der Waals surface area contributed by atoms with E-state index in [1.54, 1.807) is 16.2 Å². The maximum absolute atomic E-state index is 13.1. The summed E-state index contributed by atoms with van der Waals surface area (Å²) in [6.07, 6.45) is 0. The van der Waals surface area contributed by atoms with E-state index in [2.05, 4.69) is 19.1 Å². The van der Waals surface area contributed by atoms with Crippen LogP contribution < -0.4 is 14.5 Å². The van der Waals surface area contributed by atoms with Crippen LogP contribution in [-0.4, -0.2) is 44.7 Å². The molecular weight excluding hydrogens is 346 g/mol. The van der Waals surface area contributed by atoms with E-state index in [1.165, 1.54) is 4.90 Å². The number of ether oxygens (including phenoxy) is 1. The predicted molar refractivity (Wildman–Crippen MR) is 107 cm³/mol. The fourth-order valence-electron chi connectivity index (χ4n) is 2.61. The third kappa shape index (κ3) is 4.20. The molecule has 6 heteroatoms. The highest BCUT2D eigenvalue weighted by Crippen LogP contribution is 2.29. The van der Waals surface area contributed by atoms with Gasteiger partial charge in [0.1, 0.15) is 5.75 Å². The Morgan fingerprint density at radius 3 is 2.54 bits per heavy atom. The number of rotatable bonds is 7. The SMILES string of the molecule is CCOc1ccc(C(=O)N(CC[NH+](C)C)c2nc3ccccc3s2)cc1. The minimum absolute atomic E-state index is 0.0339. The van der Waals surface area contributed by atoms with Gasteiger partial charge in [-0.15, -0.1) is 0 Å². The monoisotopic (exact) mass is 370 g/mol. The van der Waals surface area contributed by atoms with Gasteiger partial charge in [-0.05, 0) is 43.3 Å². The number of carbonyl (C=O) groups is 1. The number of hydrogen-bond acceptors (Lipinski definition) is 4. The number of anilines is 1. The Bertz CT molecular complexity index is 841. The molecular formula is C20H24N3O2S+. The number of para-hydroxylation sites is 1. The second-order valence-corrected chi connectivity index (χ2v) is 7.34. The van der Waals surface area contributed by atoms with E-state index in [0.29, 0.717) is 18.7 Å². The van der Waals surface area contributed by atoms with Crippen LogP contribution in [0.25, 0.3) is 10.2 Å². The number of thiazole rings is 1. The van der Waals surface area contributed by atoms with Crippen molar-refractivity contribution >= 4 is 32.6 Å². The van der Waals surface area contributed by atoms with Crippen molar-refractivity contribution in [3.63, 3.8) is 0 Å². The van der Waals surface area contributed by atoms with Crippen molar-refractivity contribution in [2.24, 2.45) is 0 Å². The smallest absolute Gasteiger partial charge is 0.260 e. The zero-order valence-corrected chi connectivity index (χ0v) is 16.2. The summed E-state index contributed by atoms with van der Waals surface area (Å²) in [5.74, 6) is 0.738. The molecule has 0 unspecified atom stereocenters. The lowest BCUT2D eigenvalue weighted by Gasteiger charge is -2.20. The number of likely N-dealkylation sites (N-methyl/N-ethyl adjacent to an activating group) is 1. The molecule has 0 saturated carbocycles. The lowest BCUT2D eigenvalue weighted by Crippen LogP contribution is -3.06. The van der Waals surface area contributed by atoms with E-state index in [9.17, 15) is 4.79 Å². The predicted octanol–water partition coefficient (Wildman–Crippen LogP) is 2.49. The average Bonchev–Trinajstić information content (AvgIpc) is 3.06. The summed E-state index contributed by atoms with van der Waals surface area (Å²) in [6, 6.07) is 15.3. The quantitative estimate of drug-likeness (QED) is 0.695. The Morgan fingerprint density at radius 1 is 1.15 bits per heavy atom. The summed E-state index contributed by atoms with van der Waals surface area (Å²) in [7, 11) is 4.16. The highest BCUT2D eigenvalue weighted by atomic mass is 32.1. The molecule has 3 aromatic rings. The van der Waals surface area contributed by atoms with Crippen LogP contribution in [0.4, 0.5) is 5.13 Å². The van der Waals surface area contributed by atoms with E-state index in [1.807, 2.05) is 55.5 Å². The van der Waals surface area contributed by atoms with Gasteiger partial charge in [0.25, 0.3) is 5.91 Å². The Labute approximate surface area is 157 Å². The molecule has 1 aromatic heterocycles. The number of quaternary nitrogens is 1. The number of nitrogens with one attached hydrogen (secondary N) is 1. The molecule has 0 bridgehead atoms. The van der Waals surface area contributed by atoms with Crippen LogP contribution in [0.3, 0.4) is 0 Å². The molecule has 0 spiro atoms. The number of amides is 1. The van der Waals surface area contributed by atoms with Crippen LogP contribution in [0.1, 0.15) is 17.3 Å². The van der Waals surface area contributed by atoms with E-state index in [0.717, 1.165) is 27.6 Å². The molecule has 0 aliphatic carbocycles. The minimum atomic E-state index is -0.0339. The molecule has 2 aromatic carbocycles. The molecule has 0 radical (unpaired) electrons. The lowest BCUT2D eigenvalue weighted by atomic mass is 10.2. The zero-order valence-electron chi connectivity index (χ0n) is 15.4. The minimum Gasteiger partial charge on any atom is -0.494 e. The van der Waals surface area contributed by atoms with Crippen molar-refractivity contribution < 1.29 is 14.4 Å². The van der Waals surface area contributed by atoms with Gasteiger partial charge < -0.3 is 9.64 Å². The first-order valence-corrected chi connectivity index (χ1v) is 9.59. The average molecular weight is 370 g/mol.